The Morgan fingerprint density at radius 1 is 1.04 bits per heavy atom. The van der Waals surface area contributed by atoms with Gasteiger partial charge in [0, 0.05) is 40.1 Å². The molecule has 126 valence electrons. The van der Waals surface area contributed by atoms with Crippen LogP contribution in [-0.2, 0) is 29.0 Å². The van der Waals surface area contributed by atoms with E-state index in [-0.39, 0.29) is 0 Å². The first-order valence-corrected chi connectivity index (χ1v) is 8.82. The lowest BCUT2D eigenvalue weighted by molar-refractivity contribution is 0.478. The Kier molecular flexibility index (Phi) is 6.06. The van der Waals surface area contributed by atoms with Crippen molar-refractivity contribution in [3.63, 3.8) is 0 Å². The SMILES string of the molecule is O=[S+]c1ccc(Oc2cccnc2)cc1CNCc1ccc(Cl)cc1. The van der Waals surface area contributed by atoms with E-state index in [1.165, 1.54) is 0 Å². The van der Waals surface area contributed by atoms with Crippen LogP contribution in [0, 0.1) is 0 Å². The van der Waals surface area contributed by atoms with Crippen molar-refractivity contribution in [1.82, 2.24) is 10.3 Å². The second-order valence-corrected chi connectivity index (χ2v) is 6.42. The van der Waals surface area contributed by atoms with Crippen molar-refractivity contribution in [3.8, 4) is 11.5 Å². The van der Waals surface area contributed by atoms with E-state index in [9.17, 15) is 4.21 Å². The highest BCUT2D eigenvalue weighted by Crippen LogP contribution is 2.24. The summed E-state index contributed by atoms with van der Waals surface area (Å²) in [7, 11) is 0. The van der Waals surface area contributed by atoms with Gasteiger partial charge in [-0.1, -0.05) is 23.7 Å². The van der Waals surface area contributed by atoms with Crippen LogP contribution in [0.4, 0.5) is 0 Å². The molecular formula is C19H16ClN2O2S+. The number of nitrogens with zero attached hydrogens (tertiary/aromatic N) is 1. The van der Waals surface area contributed by atoms with Crippen LogP contribution in [0.2, 0.25) is 5.02 Å². The molecule has 0 saturated carbocycles. The number of nitrogens with one attached hydrogen (secondary N) is 1. The van der Waals surface area contributed by atoms with Crippen LogP contribution in [0.3, 0.4) is 0 Å². The molecule has 0 spiro atoms. The fourth-order valence-corrected chi connectivity index (χ4v) is 2.81. The Balaban J connectivity index is 1.67. The molecule has 1 N–H and O–H groups in total. The standard InChI is InChI=1S/C19H16ClN2O2S/c20-16-5-3-14(4-6-16)11-22-12-15-10-17(7-8-19(15)25-23)24-18-2-1-9-21-13-18/h1-10,13,22H,11-12H2/q+1. The van der Waals surface area contributed by atoms with Crippen LogP contribution in [0.25, 0.3) is 0 Å². The summed E-state index contributed by atoms with van der Waals surface area (Å²) in [5.41, 5.74) is 2.03. The molecule has 1 aromatic heterocycles. The molecule has 0 bridgehead atoms. The molecule has 25 heavy (non-hydrogen) atoms. The summed E-state index contributed by atoms with van der Waals surface area (Å²) in [6.45, 7) is 1.26. The minimum absolute atomic E-state index is 0.483. The number of ether oxygens (including phenoxy) is 1. The molecule has 4 nitrogen and oxygen atoms in total. The topological polar surface area (TPSA) is 51.2 Å². The number of hydrogen-bond acceptors (Lipinski definition) is 4. The highest BCUT2D eigenvalue weighted by Gasteiger charge is 2.15. The van der Waals surface area contributed by atoms with E-state index in [2.05, 4.69) is 10.3 Å². The lowest BCUT2D eigenvalue weighted by atomic mass is 10.2. The van der Waals surface area contributed by atoms with Gasteiger partial charge in [0.05, 0.1) is 6.20 Å². The number of benzene rings is 2. The van der Waals surface area contributed by atoms with Gasteiger partial charge >= 0.3 is 11.7 Å². The zero-order valence-corrected chi connectivity index (χ0v) is 14.9. The fourth-order valence-electron chi connectivity index (χ4n) is 2.33. The quantitative estimate of drug-likeness (QED) is 0.616. The highest BCUT2D eigenvalue weighted by atomic mass is 35.5. The van der Waals surface area contributed by atoms with Gasteiger partial charge in [0.25, 0.3) is 4.90 Å². The van der Waals surface area contributed by atoms with Crippen molar-refractivity contribution in [1.29, 1.82) is 0 Å². The van der Waals surface area contributed by atoms with E-state index >= 15 is 0 Å². The van der Waals surface area contributed by atoms with Crippen molar-refractivity contribution in [3.05, 3.63) is 83.1 Å². The van der Waals surface area contributed by atoms with Gasteiger partial charge in [-0.3, -0.25) is 4.98 Å². The van der Waals surface area contributed by atoms with Crippen molar-refractivity contribution in [2.24, 2.45) is 0 Å². The smallest absolute Gasteiger partial charge is 0.456 e. The predicted octanol–water partition coefficient (Wildman–Crippen LogP) is 4.60. The Bertz CT molecular complexity index is 842. The first kappa shape index (κ1) is 17.5. The summed E-state index contributed by atoms with van der Waals surface area (Å²) in [6, 6.07) is 16.8. The summed E-state index contributed by atoms with van der Waals surface area (Å²) in [4.78, 5) is 4.71. The van der Waals surface area contributed by atoms with E-state index in [0.29, 0.717) is 46.2 Å². The zero-order valence-electron chi connectivity index (χ0n) is 13.3. The Labute approximate surface area is 155 Å². The minimum Gasteiger partial charge on any atom is -0.456 e. The maximum Gasteiger partial charge on any atom is 0.505 e. The predicted molar refractivity (Wildman–Crippen MR) is 99.1 cm³/mol. The van der Waals surface area contributed by atoms with E-state index < -0.39 is 0 Å². The van der Waals surface area contributed by atoms with Crippen LogP contribution >= 0.6 is 11.6 Å². The second kappa shape index (κ2) is 8.67. The molecule has 0 unspecified atom stereocenters. The summed E-state index contributed by atoms with van der Waals surface area (Å²) < 4.78 is 17.1. The van der Waals surface area contributed by atoms with Crippen LogP contribution < -0.4 is 10.1 Å². The van der Waals surface area contributed by atoms with E-state index in [1.54, 1.807) is 24.5 Å². The van der Waals surface area contributed by atoms with E-state index in [0.717, 1.165) is 11.1 Å². The number of pyridine rings is 1. The molecule has 3 rings (SSSR count). The number of hydrogen-bond donors (Lipinski definition) is 1. The molecule has 0 fully saturated rings. The van der Waals surface area contributed by atoms with Gasteiger partial charge in [-0.15, -0.1) is 0 Å². The van der Waals surface area contributed by atoms with Gasteiger partial charge in [-0.25, -0.2) is 0 Å². The molecule has 0 atom stereocenters. The van der Waals surface area contributed by atoms with Crippen LogP contribution in [-0.4, -0.2) is 4.98 Å². The normalized spacial score (nSPS) is 10.4. The monoisotopic (exact) mass is 371 g/mol. The van der Waals surface area contributed by atoms with Gasteiger partial charge in [0.15, 0.2) is 0 Å². The number of halogens is 1. The van der Waals surface area contributed by atoms with E-state index in [4.69, 9.17) is 16.3 Å². The van der Waals surface area contributed by atoms with Crippen LogP contribution in [0.15, 0.2) is 71.9 Å². The maximum absolute atomic E-state index is 11.3. The molecule has 3 aromatic rings. The van der Waals surface area contributed by atoms with Gasteiger partial charge in [0.2, 0.25) is 0 Å². The molecule has 0 radical (unpaired) electrons. The maximum atomic E-state index is 11.3. The van der Waals surface area contributed by atoms with Crippen molar-refractivity contribution >= 4 is 23.3 Å². The van der Waals surface area contributed by atoms with Crippen molar-refractivity contribution < 1.29 is 8.95 Å². The average Bonchev–Trinajstić information content (AvgIpc) is 2.64. The summed E-state index contributed by atoms with van der Waals surface area (Å²) in [5.74, 6) is 1.33. The third-order valence-electron chi connectivity index (χ3n) is 3.55. The van der Waals surface area contributed by atoms with Crippen LogP contribution in [0.5, 0.6) is 11.5 Å². The second-order valence-electron chi connectivity index (χ2n) is 5.37. The summed E-state index contributed by atoms with van der Waals surface area (Å²) in [6.07, 6.45) is 3.34. The Hall–Kier alpha value is -2.34. The first-order valence-electron chi connectivity index (χ1n) is 7.70. The van der Waals surface area contributed by atoms with Crippen molar-refractivity contribution in [2.45, 2.75) is 18.0 Å². The van der Waals surface area contributed by atoms with E-state index in [1.807, 2.05) is 42.5 Å². The van der Waals surface area contributed by atoms with Crippen LogP contribution in [0.1, 0.15) is 11.1 Å². The van der Waals surface area contributed by atoms with Crippen molar-refractivity contribution in [2.75, 3.05) is 0 Å². The lowest BCUT2D eigenvalue weighted by Gasteiger charge is -2.08. The molecule has 0 amide bonds. The molecule has 6 heteroatoms. The number of aromatic nitrogens is 1. The zero-order chi connectivity index (χ0) is 17.5. The van der Waals surface area contributed by atoms with Gasteiger partial charge in [-0.05, 0) is 42.0 Å². The van der Waals surface area contributed by atoms with Gasteiger partial charge < -0.3 is 10.1 Å². The Morgan fingerprint density at radius 2 is 1.88 bits per heavy atom. The summed E-state index contributed by atoms with van der Waals surface area (Å²) >= 11 is 6.37. The fraction of sp³-hybridized carbons (Fsp3) is 0.105. The molecular weight excluding hydrogens is 356 g/mol. The van der Waals surface area contributed by atoms with Gasteiger partial charge in [0.1, 0.15) is 11.5 Å². The molecule has 0 aliphatic rings. The molecule has 0 saturated heterocycles. The third-order valence-corrected chi connectivity index (χ3v) is 4.38. The molecule has 0 aliphatic carbocycles. The summed E-state index contributed by atoms with van der Waals surface area (Å²) in [5, 5.41) is 4.06. The highest BCUT2D eigenvalue weighted by molar-refractivity contribution is 7.65. The Morgan fingerprint density at radius 3 is 2.60 bits per heavy atom. The molecule has 2 aromatic carbocycles. The largest absolute Gasteiger partial charge is 0.505 e. The lowest BCUT2D eigenvalue weighted by Crippen LogP contribution is -2.13. The minimum atomic E-state index is 0.483. The number of rotatable bonds is 7. The molecule has 1 heterocycles. The van der Waals surface area contributed by atoms with Gasteiger partial charge in [-0.2, -0.15) is 0 Å². The third kappa shape index (κ3) is 5.06. The average molecular weight is 372 g/mol. The first-order chi connectivity index (χ1) is 12.2. The molecule has 0 aliphatic heterocycles.